The van der Waals surface area contributed by atoms with Crippen LogP contribution in [-0.2, 0) is 0 Å². The first-order valence-electron chi connectivity index (χ1n) is 7.94. The molecular weight excluding hydrogens is 340 g/mol. The topological polar surface area (TPSA) is 36.1 Å². The van der Waals surface area contributed by atoms with Crippen LogP contribution in [0.3, 0.4) is 0 Å². The van der Waals surface area contributed by atoms with Crippen molar-refractivity contribution >= 4 is 45.3 Å². The Kier molecular flexibility index (Phi) is 3.94. The molecule has 3 nitrogen and oxygen atoms in total. The third-order valence-electron chi connectivity index (χ3n) is 4.55. The number of fused-ring (bicyclic) bond motifs is 1. The highest BCUT2D eigenvalue weighted by atomic mass is 35.5. The van der Waals surface area contributed by atoms with Gasteiger partial charge in [-0.1, -0.05) is 35.9 Å². The molecule has 0 spiro atoms. The Hall–Kier alpha value is -2.04. The molecule has 0 aliphatic carbocycles. The number of aryl methyl sites for hydroxylation is 1. The molecule has 0 atom stereocenters. The average molecular weight is 357 g/mol. The lowest BCUT2D eigenvalue weighted by molar-refractivity contribution is 0.0777. The van der Waals surface area contributed by atoms with Crippen LogP contribution in [0.4, 0.5) is 0 Å². The SMILES string of the molecule is Cc1cccc2c(C3=CCN(C(=O)c4ccc(Cl)s4)CC3)c[nH]c12. The molecule has 1 aromatic carbocycles. The van der Waals surface area contributed by atoms with Crippen molar-refractivity contribution in [2.24, 2.45) is 0 Å². The smallest absolute Gasteiger partial charge is 0.264 e. The second kappa shape index (κ2) is 6.11. The quantitative estimate of drug-likeness (QED) is 0.679. The number of nitrogens with zero attached hydrogens (tertiary/aromatic N) is 1. The number of H-pyrrole nitrogens is 1. The lowest BCUT2D eigenvalue weighted by Crippen LogP contribution is -2.34. The van der Waals surface area contributed by atoms with E-state index in [1.54, 1.807) is 12.1 Å². The highest BCUT2D eigenvalue weighted by molar-refractivity contribution is 7.17. The lowest BCUT2D eigenvalue weighted by atomic mass is 9.98. The van der Waals surface area contributed by atoms with Crippen molar-refractivity contribution in [1.29, 1.82) is 0 Å². The van der Waals surface area contributed by atoms with Gasteiger partial charge in [0.05, 0.1) is 9.21 Å². The number of benzene rings is 1. The number of halogens is 1. The van der Waals surface area contributed by atoms with Crippen LogP contribution in [0.5, 0.6) is 0 Å². The van der Waals surface area contributed by atoms with E-state index in [9.17, 15) is 4.79 Å². The van der Waals surface area contributed by atoms with Crippen molar-refractivity contribution in [3.63, 3.8) is 0 Å². The minimum atomic E-state index is 0.0666. The van der Waals surface area contributed by atoms with Gasteiger partial charge in [-0.05, 0) is 36.6 Å². The van der Waals surface area contributed by atoms with E-state index < -0.39 is 0 Å². The molecule has 1 aliphatic heterocycles. The molecule has 0 saturated carbocycles. The highest BCUT2D eigenvalue weighted by Gasteiger charge is 2.21. The van der Waals surface area contributed by atoms with Crippen LogP contribution in [0, 0.1) is 6.92 Å². The fraction of sp³-hybridized carbons (Fsp3) is 0.211. The number of carbonyl (C=O) groups excluding carboxylic acids is 1. The van der Waals surface area contributed by atoms with Crippen molar-refractivity contribution in [3.8, 4) is 0 Å². The summed E-state index contributed by atoms with van der Waals surface area (Å²) in [4.78, 5) is 18.5. The fourth-order valence-electron chi connectivity index (χ4n) is 3.25. The minimum Gasteiger partial charge on any atom is -0.360 e. The number of rotatable bonds is 2. The zero-order valence-electron chi connectivity index (χ0n) is 13.3. The molecule has 4 rings (SSSR count). The first kappa shape index (κ1) is 15.5. The minimum absolute atomic E-state index is 0.0666. The Morgan fingerprint density at radius 3 is 2.88 bits per heavy atom. The standard InChI is InChI=1S/C19H17ClN2OS/c1-12-3-2-4-14-15(11-21-18(12)14)13-7-9-22(10-8-13)19(23)16-5-6-17(20)24-16/h2-7,11,21H,8-10H2,1H3. The lowest BCUT2D eigenvalue weighted by Gasteiger charge is -2.26. The largest absolute Gasteiger partial charge is 0.360 e. The summed E-state index contributed by atoms with van der Waals surface area (Å²) in [6.07, 6.45) is 5.12. The second-order valence-electron chi connectivity index (χ2n) is 6.03. The van der Waals surface area contributed by atoms with Gasteiger partial charge in [-0.15, -0.1) is 11.3 Å². The molecule has 122 valence electrons. The zero-order valence-corrected chi connectivity index (χ0v) is 14.9. The third kappa shape index (κ3) is 2.66. The Bertz CT molecular complexity index is 953. The summed E-state index contributed by atoms with van der Waals surface area (Å²) in [5.74, 6) is 0.0666. The number of nitrogens with one attached hydrogen (secondary N) is 1. The molecule has 0 radical (unpaired) electrons. The molecular formula is C19H17ClN2OS. The zero-order chi connectivity index (χ0) is 16.7. The van der Waals surface area contributed by atoms with E-state index in [1.807, 2.05) is 4.90 Å². The van der Waals surface area contributed by atoms with Gasteiger partial charge in [-0.25, -0.2) is 0 Å². The first-order chi connectivity index (χ1) is 11.6. The molecule has 2 aromatic heterocycles. The summed E-state index contributed by atoms with van der Waals surface area (Å²) in [7, 11) is 0. The third-order valence-corrected chi connectivity index (χ3v) is 5.77. The van der Waals surface area contributed by atoms with Gasteiger partial charge >= 0.3 is 0 Å². The molecule has 0 fully saturated rings. The summed E-state index contributed by atoms with van der Waals surface area (Å²) in [5, 5.41) is 1.26. The molecule has 5 heteroatoms. The first-order valence-corrected chi connectivity index (χ1v) is 9.13. The maximum absolute atomic E-state index is 12.5. The van der Waals surface area contributed by atoms with E-state index in [2.05, 4.69) is 42.4 Å². The monoisotopic (exact) mass is 356 g/mol. The predicted molar refractivity (Wildman–Crippen MR) is 101 cm³/mol. The molecule has 0 unspecified atom stereocenters. The number of para-hydroxylation sites is 1. The van der Waals surface area contributed by atoms with E-state index in [0.717, 1.165) is 13.0 Å². The Morgan fingerprint density at radius 1 is 1.29 bits per heavy atom. The number of carbonyl (C=O) groups is 1. The van der Waals surface area contributed by atoms with Crippen LogP contribution in [0.1, 0.15) is 27.2 Å². The summed E-state index contributed by atoms with van der Waals surface area (Å²) in [6.45, 7) is 3.49. The van der Waals surface area contributed by atoms with Gasteiger partial charge in [-0.2, -0.15) is 0 Å². The van der Waals surface area contributed by atoms with Gasteiger partial charge in [0.15, 0.2) is 0 Å². The van der Waals surface area contributed by atoms with Gasteiger partial charge in [-0.3, -0.25) is 4.79 Å². The molecule has 24 heavy (non-hydrogen) atoms. The molecule has 1 N–H and O–H groups in total. The van der Waals surface area contributed by atoms with Gasteiger partial charge in [0, 0.05) is 35.8 Å². The molecule has 3 heterocycles. The molecule has 0 saturated heterocycles. The van der Waals surface area contributed by atoms with Gasteiger partial charge < -0.3 is 9.88 Å². The predicted octanol–water partition coefficient (Wildman–Crippen LogP) is 5.12. The molecule has 3 aromatic rings. The van der Waals surface area contributed by atoms with Crippen LogP contribution < -0.4 is 0 Å². The van der Waals surface area contributed by atoms with Crippen LogP contribution in [-0.4, -0.2) is 28.9 Å². The van der Waals surface area contributed by atoms with Gasteiger partial charge in [0.2, 0.25) is 0 Å². The number of hydrogen-bond donors (Lipinski definition) is 1. The maximum Gasteiger partial charge on any atom is 0.264 e. The Labute approximate surface area is 149 Å². The van der Waals surface area contributed by atoms with Crippen molar-refractivity contribution in [3.05, 3.63) is 62.9 Å². The van der Waals surface area contributed by atoms with Crippen molar-refractivity contribution in [2.45, 2.75) is 13.3 Å². The van der Waals surface area contributed by atoms with E-state index in [0.29, 0.717) is 15.8 Å². The van der Waals surface area contributed by atoms with Gasteiger partial charge in [0.25, 0.3) is 5.91 Å². The Morgan fingerprint density at radius 2 is 2.17 bits per heavy atom. The van der Waals surface area contributed by atoms with Crippen LogP contribution in [0.2, 0.25) is 4.34 Å². The number of amides is 1. The number of aromatic amines is 1. The summed E-state index contributed by atoms with van der Waals surface area (Å²) >= 11 is 7.27. The Balaban J connectivity index is 1.58. The van der Waals surface area contributed by atoms with Crippen molar-refractivity contribution in [1.82, 2.24) is 9.88 Å². The number of thiophene rings is 1. The van der Waals surface area contributed by atoms with Crippen LogP contribution >= 0.6 is 22.9 Å². The summed E-state index contributed by atoms with van der Waals surface area (Å²) < 4.78 is 0.653. The number of aromatic nitrogens is 1. The number of hydrogen-bond acceptors (Lipinski definition) is 2. The second-order valence-corrected chi connectivity index (χ2v) is 7.75. The highest BCUT2D eigenvalue weighted by Crippen LogP contribution is 2.31. The van der Waals surface area contributed by atoms with Crippen molar-refractivity contribution in [2.75, 3.05) is 13.1 Å². The van der Waals surface area contributed by atoms with Crippen LogP contribution in [0.25, 0.3) is 16.5 Å². The summed E-state index contributed by atoms with van der Waals surface area (Å²) in [6, 6.07) is 9.94. The normalized spacial score (nSPS) is 14.9. The van der Waals surface area contributed by atoms with Crippen molar-refractivity contribution < 1.29 is 4.79 Å². The van der Waals surface area contributed by atoms with E-state index in [1.165, 1.54) is 38.9 Å². The van der Waals surface area contributed by atoms with Crippen LogP contribution in [0.15, 0.2) is 42.6 Å². The average Bonchev–Trinajstić information content (AvgIpc) is 3.22. The van der Waals surface area contributed by atoms with E-state index in [-0.39, 0.29) is 5.91 Å². The maximum atomic E-state index is 12.5. The molecule has 1 amide bonds. The van der Waals surface area contributed by atoms with Gasteiger partial charge in [0.1, 0.15) is 0 Å². The van der Waals surface area contributed by atoms with E-state index >= 15 is 0 Å². The molecule has 0 bridgehead atoms. The van der Waals surface area contributed by atoms with E-state index in [4.69, 9.17) is 11.6 Å². The fourth-order valence-corrected chi connectivity index (χ4v) is 4.27. The molecule has 1 aliphatic rings. The summed E-state index contributed by atoms with van der Waals surface area (Å²) in [5.41, 5.74) is 5.00.